The van der Waals surface area contributed by atoms with E-state index in [1.807, 2.05) is 36.4 Å². The average molecular weight is 349 g/mol. The van der Waals surface area contributed by atoms with Crippen LogP contribution in [0.1, 0.15) is 5.56 Å². The lowest BCUT2D eigenvalue weighted by molar-refractivity contribution is 0.482. The van der Waals surface area contributed by atoms with Gasteiger partial charge in [0.25, 0.3) is 0 Å². The Labute approximate surface area is 158 Å². The zero-order valence-corrected chi connectivity index (χ0v) is 14.9. The van der Waals surface area contributed by atoms with Crippen LogP contribution in [0.15, 0.2) is 103 Å². The van der Waals surface area contributed by atoms with Crippen molar-refractivity contribution in [3.8, 4) is 11.5 Å². The molecule has 0 aliphatic heterocycles. The molecule has 0 radical (unpaired) electrons. The lowest BCUT2D eigenvalue weighted by atomic mass is 10.2. The summed E-state index contributed by atoms with van der Waals surface area (Å²) in [5.74, 6) is 1.71. The predicted molar refractivity (Wildman–Crippen MR) is 112 cm³/mol. The molecule has 4 aromatic carbocycles. The Balaban J connectivity index is 1.55. The molecule has 0 unspecified atom stereocenters. The van der Waals surface area contributed by atoms with Crippen molar-refractivity contribution in [2.45, 2.75) is 6.54 Å². The zero-order chi connectivity index (χ0) is 18.1. The second-order valence-corrected chi connectivity index (χ2v) is 6.68. The largest absolute Gasteiger partial charge is 0.457 e. The molecule has 2 heteroatoms. The number of fused-ring (bicyclic) bond motifs is 3. The van der Waals surface area contributed by atoms with Gasteiger partial charge in [-0.15, -0.1) is 0 Å². The van der Waals surface area contributed by atoms with Crippen LogP contribution in [-0.4, -0.2) is 4.57 Å². The van der Waals surface area contributed by atoms with Crippen molar-refractivity contribution >= 4 is 21.8 Å². The van der Waals surface area contributed by atoms with Crippen LogP contribution in [0.25, 0.3) is 21.8 Å². The summed E-state index contributed by atoms with van der Waals surface area (Å²) in [6.07, 6.45) is 0. The minimum Gasteiger partial charge on any atom is -0.457 e. The summed E-state index contributed by atoms with van der Waals surface area (Å²) >= 11 is 0. The third kappa shape index (κ3) is 2.96. The van der Waals surface area contributed by atoms with Crippen LogP contribution in [-0.2, 0) is 6.54 Å². The number of hydrogen-bond donors (Lipinski definition) is 0. The van der Waals surface area contributed by atoms with Crippen LogP contribution in [0.3, 0.4) is 0 Å². The van der Waals surface area contributed by atoms with Gasteiger partial charge in [0.2, 0.25) is 0 Å². The second-order valence-electron chi connectivity index (χ2n) is 6.68. The maximum atomic E-state index is 6.00. The van der Waals surface area contributed by atoms with Crippen molar-refractivity contribution in [2.24, 2.45) is 0 Å². The number of para-hydroxylation sites is 3. The monoisotopic (exact) mass is 349 g/mol. The van der Waals surface area contributed by atoms with Crippen molar-refractivity contribution in [3.63, 3.8) is 0 Å². The molecular formula is C25H19NO. The molecule has 5 aromatic rings. The molecule has 130 valence electrons. The molecule has 0 N–H and O–H groups in total. The first-order valence-electron chi connectivity index (χ1n) is 9.16. The molecule has 5 rings (SSSR count). The molecule has 0 aliphatic rings. The molecule has 0 spiro atoms. The summed E-state index contributed by atoms with van der Waals surface area (Å²) < 4.78 is 8.39. The van der Waals surface area contributed by atoms with Gasteiger partial charge in [-0.1, -0.05) is 66.7 Å². The highest BCUT2D eigenvalue weighted by atomic mass is 16.5. The van der Waals surface area contributed by atoms with E-state index >= 15 is 0 Å². The zero-order valence-electron chi connectivity index (χ0n) is 14.9. The molecule has 1 aromatic heterocycles. The van der Waals surface area contributed by atoms with Crippen LogP contribution in [0, 0.1) is 0 Å². The third-order valence-electron chi connectivity index (χ3n) is 4.90. The van der Waals surface area contributed by atoms with Gasteiger partial charge in [0.1, 0.15) is 11.5 Å². The van der Waals surface area contributed by atoms with Gasteiger partial charge in [0.15, 0.2) is 0 Å². The van der Waals surface area contributed by atoms with Crippen LogP contribution in [0.4, 0.5) is 0 Å². The van der Waals surface area contributed by atoms with E-state index in [-0.39, 0.29) is 0 Å². The minimum absolute atomic E-state index is 0.806. The first-order valence-corrected chi connectivity index (χ1v) is 9.16. The molecule has 0 bridgehead atoms. The highest BCUT2D eigenvalue weighted by molar-refractivity contribution is 6.08. The fourth-order valence-corrected chi connectivity index (χ4v) is 3.69. The van der Waals surface area contributed by atoms with E-state index in [2.05, 4.69) is 71.3 Å². The van der Waals surface area contributed by atoms with Crippen molar-refractivity contribution in [3.05, 3.63) is 109 Å². The number of benzene rings is 4. The van der Waals surface area contributed by atoms with E-state index in [0.29, 0.717) is 0 Å². The molecular weight excluding hydrogens is 330 g/mol. The topological polar surface area (TPSA) is 14.2 Å². The molecule has 2 nitrogen and oxygen atoms in total. The number of ether oxygens (including phenoxy) is 1. The van der Waals surface area contributed by atoms with Crippen LogP contribution < -0.4 is 4.74 Å². The summed E-state index contributed by atoms with van der Waals surface area (Å²) in [7, 11) is 0. The second kappa shape index (κ2) is 6.65. The van der Waals surface area contributed by atoms with Gasteiger partial charge in [-0.05, 0) is 42.0 Å². The molecule has 0 amide bonds. The number of nitrogens with zero attached hydrogens (tertiary/aromatic N) is 1. The Bertz CT molecular complexity index is 1170. The van der Waals surface area contributed by atoms with Crippen LogP contribution in [0.2, 0.25) is 0 Å². The van der Waals surface area contributed by atoms with Crippen molar-refractivity contribution in [1.29, 1.82) is 0 Å². The van der Waals surface area contributed by atoms with Gasteiger partial charge in [0, 0.05) is 28.4 Å². The molecule has 0 saturated heterocycles. The number of hydrogen-bond acceptors (Lipinski definition) is 1. The van der Waals surface area contributed by atoms with Crippen molar-refractivity contribution in [2.75, 3.05) is 0 Å². The van der Waals surface area contributed by atoms with Crippen molar-refractivity contribution < 1.29 is 4.74 Å². The highest BCUT2D eigenvalue weighted by Crippen LogP contribution is 2.30. The lowest BCUT2D eigenvalue weighted by Crippen LogP contribution is -1.99. The van der Waals surface area contributed by atoms with Crippen molar-refractivity contribution in [1.82, 2.24) is 4.57 Å². The van der Waals surface area contributed by atoms with Crippen LogP contribution >= 0.6 is 0 Å². The van der Waals surface area contributed by atoms with Gasteiger partial charge >= 0.3 is 0 Å². The quantitative estimate of drug-likeness (QED) is 0.355. The fraction of sp³-hybridized carbons (Fsp3) is 0.0400. The standard InChI is InChI=1S/C25H19NO/c1-2-10-20(11-3-1)27-21-12-8-9-19(17-21)18-26-24-15-6-4-13-22(24)23-14-5-7-16-25(23)26/h1-17H,18H2. The molecule has 0 saturated carbocycles. The predicted octanol–water partition coefficient (Wildman–Crippen LogP) is 6.64. The molecule has 0 atom stereocenters. The van der Waals surface area contributed by atoms with Gasteiger partial charge in [-0.25, -0.2) is 0 Å². The van der Waals surface area contributed by atoms with Crippen LogP contribution in [0.5, 0.6) is 11.5 Å². The Hall–Kier alpha value is -3.52. The summed E-state index contributed by atoms with van der Waals surface area (Å²) in [5.41, 5.74) is 3.73. The van der Waals surface area contributed by atoms with E-state index in [0.717, 1.165) is 18.0 Å². The Kier molecular flexibility index (Phi) is 3.87. The molecule has 0 aliphatic carbocycles. The number of aromatic nitrogens is 1. The smallest absolute Gasteiger partial charge is 0.127 e. The van der Waals surface area contributed by atoms with Gasteiger partial charge < -0.3 is 9.30 Å². The molecule has 1 heterocycles. The van der Waals surface area contributed by atoms with E-state index in [1.54, 1.807) is 0 Å². The summed E-state index contributed by atoms with van der Waals surface area (Å²) in [4.78, 5) is 0. The van der Waals surface area contributed by atoms with Gasteiger partial charge in [-0.2, -0.15) is 0 Å². The number of rotatable bonds is 4. The van der Waals surface area contributed by atoms with E-state index < -0.39 is 0 Å². The third-order valence-corrected chi connectivity index (χ3v) is 4.90. The molecule has 27 heavy (non-hydrogen) atoms. The Morgan fingerprint density at radius 3 is 1.85 bits per heavy atom. The molecule has 0 fully saturated rings. The Morgan fingerprint density at radius 2 is 1.15 bits per heavy atom. The lowest BCUT2D eigenvalue weighted by Gasteiger charge is -2.10. The summed E-state index contributed by atoms with van der Waals surface area (Å²) in [6.45, 7) is 0.806. The highest BCUT2D eigenvalue weighted by Gasteiger charge is 2.10. The maximum Gasteiger partial charge on any atom is 0.127 e. The maximum absolute atomic E-state index is 6.00. The van der Waals surface area contributed by atoms with E-state index in [9.17, 15) is 0 Å². The fourth-order valence-electron chi connectivity index (χ4n) is 3.69. The first-order chi connectivity index (χ1) is 13.4. The normalized spacial score (nSPS) is 11.1. The summed E-state index contributed by atoms with van der Waals surface area (Å²) in [6, 6.07) is 35.4. The van der Waals surface area contributed by atoms with E-state index in [4.69, 9.17) is 4.74 Å². The first kappa shape index (κ1) is 15.7. The van der Waals surface area contributed by atoms with E-state index in [1.165, 1.54) is 27.4 Å². The van der Waals surface area contributed by atoms with Gasteiger partial charge in [0.05, 0.1) is 0 Å². The minimum atomic E-state index is 0.806. The Morgan fingerprint density at radius 1 is 0.556 bits per heavy atom. The average Bonchev–Trinajstić information content (AvgIpc) is 3.03. The SMILES string of the molecule is c1ccc(Oc2cccc(Cn3c4ccccc4c4ccccc43)c2)cc1. The van der Waals surface area contributed by atoms with Gasteiger partial charge in [-0.3, -0.25) is 0 Å². The summed E-state index contributed by atoms with van der Waals surface area (Å²) in [5, 5.41) is 2.59.